The van der Waals surface area contributed by atoms with Crippen LogP contribution in [0.3, 0.4) is 0 Å². The molecule has 0 aliphatic carbocycles. The van der Waals surface area contributed by atoms with Gasteiger partial charge in [0.05, 0.1) is 5.70 Å². The summed E-state index contributed by atoms with van der Waals surface area (Å²) in [5.74, 6) is -0.00630. The van der Waals surface area contributed by atoms with Crippen molar-refractivity contribution in [2.45, 2.75) is 13.8 Å². The van der Waals surface area contributed by atoms with E-state index in [4.69, 9.17) is 0 Å². The van der Waals surface area contributed by atoms with Gasteiger partial charge in [-0.15, -0.1) is 0 Å². The normalized spacial score (nSPS) is 17.6. The van der Waals surface area contributed by atoms with E-state index < -0.39 is 0 Å². The summed E-state index contributed by atoms with van der Waals surface area (Å²) in [6.45, 7) is 4.09. The zero-order valence-electron chi connectivity index (χ0n) is 12.0. The first-order valence-corrected chi connectivity index (χ1v) is 6.93. The van der Waals surface area contributed by atoms with E-state index in [-0.39, 0.29) is 11.8 Å². The van der Waals surface area contributed by atoms with E-state index in [2.05, 4.69) is 0 Å². The molecule has 2 aliphatic heterocycles. The maximum absolute atomic E-state index is 12.3. The first-order valence-electron chi connectivity index (χ1n) is 6.93. The van der Waals surface area contributed by atoms with Crippen LogP contribution < -0.4 is 0 Å². The van der Waals surface area contributed by atoms with Crippen molar-refractivity contribution in [2.75, 3.05) is 6.54 Å². The van der Waals surface area contributed by atoms with Crippen molar-refractivity contribution in [1.82, 2.24) is 9.80 Å². The molecule has 2 aliphatic rings. The van der Waals surface area contributed by atoms with Gasteiger partial charge in [-0.2, -0.15) is 0 Å². The highest BCUT2D eigenvalue weighted by atomic mass is 16.2. The number of carbonyl (C=O) groups is 2. The minimum absolute atomic E-state index is 0.00197. The predicted octanol–water partition coefficient (Wildman–Crippen LogP) is 2.76. The second kappa shape index (κ2) is 5.05. The van der Waals surface area contributed by atoms with Crippen LogP contribution >= 0.6 is 0 Å². The van der Waals surface area contributed by atoms with Crippen LogP contribution in [-0.2, 0) is 4.79 Å². The summed E-state index contributed by atoms with van der Waals surface area (Å²) < 4.78 is 0. The third kappa shape index (κ3) is 2.18. The highest BCUT2D eigenvalue weighted by molar-refractivity contribution is 6.10. The van der Waals surface area contributed by atoms with Gasteiger partial charge in [-0.25, -0.2) is 0 Å². The molecule has 0 unspecified atom stereocenters. The fourth-order valence-corrected chi connectivity index (χ4v) is 2.59. The lowest BCUT2D eigenvalue weighted by Gasteiger charge is -2.20. The Balaban J connectivity index is 2.02. The van der Waals surface area contributed by atoms with Crippen molar-refractivity contribution in [2.24, 2.45) is 0 Å². The van der Waals surface area contributed by atoms with Crippen molar-refractivity contribution in [3.63, 3.8) is 0 Å². The largest absolute Gasteiger partial charge is 0.319 e. The van der Waals surface area contributed by atoms with Crippen LogP contribution in [0.25, 0.3) is 5.70 Å². The Morgan fingerprint density at radius 1 is 1.29 bits per heavy atom. The first-order chi connectivity index (χ1) is 10.1. The van der Waals surface area contributed by atoms with Gasteiger partial charge in [0, 0.05) is 37.0 Å². The molecule has 2 heterocycles. The molecule has 0 N–H and O–H groups in total. The Morgan fingerprint density at radius 2 is 2.00 bits per heavy atom. The highest BCUT2D eigenvalue weighted by Crippen LogP contribution is 2.36. The highest BCUT2D eigenvalue weighted by Gasteiger charge is 2.31. The molecule has 106 valence electrons. The molecule has 0 radical (unpaired) electrons. The maximum Gasteiger partial charge on any atom is 0.263 e. The van der Waals surface area contributed by atoms with Gasteiger partial charge < -0.3 is 4.90 Å². The lowest BCUT2D eigenvalue weighted by Crippen LogP contribution is -2.23. The number of nitrogens with zero attached hydrogens (tertiary/aromatic N) is 2. The fourth-order valence-electron chi connectivity index (χ4n) is 2.59. The number of benzene rings is 1. The lowest BCUT2D eigenvalue weighted by atomic mass is 10.1. The number of hydrogen-bond donors (Lipinski definition) is 0. The Bertz CT molecular complexity index is 713. The Hall–Kier alpha value is -2.62. The molecule has 3 rings (SSSR count). The monoisotopic (exact) mass is 280 g/mol. The quantitative estimate of drug-likeness (QED) is 0.835. The second-order valence-electron chi connectivity index (χ2n) is 5.00. The summed E-state index contributed by atoms with van der Waals surface area (Å²) in [7, 11) is 0. The van der Waals surface area contributed by atoms with Crippen molar-refractivity contribution in [3.8, 4) is 0 Å². The summed E-state index contributed by atoms with van der Waals surface area (Å²) in [5, 5.41) is 0. The van der Waals surface area contributed by atoms with E-state index in [9.17, 15) is 9.59 Å². The SMILES string of the molecule is CCN(C=C1C=CN2C(=O)c3ccccc3C2=C1)C(C)=O. The average molecular weight is 280 g/mol. The number of allylic oxidation sites excluding steroid dienone is 3. The molecule has 1 aromatic carbocycles. The van der Waals surface area contributed by atoms with Gasteiger partial charge in [0.15, 0.2) is 0 Å². The summed E-state index contributed by atoms with van der Waals surface area (Å²) in [5.41, 5.74) is 3.42. The van der Waals surface area contributed by atoms with Gasteiger partial charge in [-0.05, 0) is 30.7 Å². The van der Waals surface area contributed by atoms with Crippen LogP contribution in [0.1, 0.15) is 29.8 Å². The van der Waals surface area contributed by atoms with Gasteiger partial charge >= 0.3 is 0 Å². The molecule has 21 heavy (non-hydrogen) atoms. The van der Waals surface area contributed by atoms with Crippen molar-refractivity contribution >= 4 is 17.5 Å². The molecule has 2 amide bonds. The number of carbonyl (C=O) groups excluding carboxylic acids is 2. The summed E-state index contributed by atoms with van der Waals surface area (Å²) in [6, 6.07) is 7.57. The third-order valence-corrected chi connectivity index (χ3v) is 3.68. The van der Waals surface area contributed by atoms with Crippen LogP contribution in [0, 0.1) is 0 Å². The van der Waals surface area contributed by atoms with Crippen LogP contribution in [0.4, 0.5) is 0 Å². The van der Waals surface area contributed by atoms with Crippen LogP contribution in [0.15, 0.2) is 54.4 Å². The zero-order valence-corrected chi connectivity index (χ0v) is 12.0. The molecular weight excluding hydrogens is 264 g/mol. The smallest absolute Gasteiger partial charge is 0.263 e. The van der Waals surface area contributed by atoms with Gasteiger partial charge in [-0.1, -0.05) is 18.2 Å². The minimum atomic E-state index is -0.00827. The predicted molar refractivity (Wildman–Crippen MR) is 80.9 cm³/mol. The molecule has 4 heteroatoms. The summed E-state index contributed by atoms with van der Waals surface area (Å²) >= 11 is 0. The Morgan fingerprint density at radius 3 is 2.67 bits per heavy atom. The van der Waals surface area contributed by atoms with Gasteiger partial charge in [0.2, 0.25) is 5.91 Å². The molecule has 0 bridgehead atoms. The van der Waals surface area contributed by atoms with Crippen molar-refractivity contribution in [3.05, 3.63) is 65.5 Å². The van der Waals surface area contributed by atoms with E-state index in [0.29, 0.717) is 12.1 Å². The lowest BCUT2D eigenvalue weighted by molar-refractivity contribution is -0.126. The Labute approximate surface area is 123 Å². The zero-order chi connectivity index (χ0) is 15.0. The number of amides is 2. The minimum Gasteiger partial charge on any atom is -0.319 e. The molecule has 0 aromatic heterocycles. The molecule has 0 saturated heterocycles. The van der Waals surface area contributed by atoms with Crippen LogP contribution in [0.5, 0.6) is 0 Å². The van der Waals surface area contributed by atoms with Gasteiger partial charge in [0.25, 0.3) is 5.91 Å². The average Bonchev–Trinajstić information content (AvgIpc) is 2.78. The van der Waals surface area contributed by atoms with Crippen molar-refractivity contribution < 1.29 is 9.59 Å². The maximum atomic E-state index is 12.3. The molecule has 1 aromatic rings. The fraction of sp³-hybridized carbons (Fsp3) is 0.176. The van der Waals surface area contributed by atoms with E-state index in [1.807, 2.05) is 49.5 Å². The topological polar surface area (TPSA) is 40.6 Å². The number of hydrogen-bond acceptors (Lipinski definition) is 2. The second-order valence-corrected chi connectivity index (χ2v) is 5.00. The molecule has 0 saturated carbocycles. The van der Waals surface area contributed by atoms with Crippen molar-refractivity contribution in [1.29, 1.82) is 0 Å². The summed E-state index contributed by atoms with van der Waals surface area (Å²) in [4.78, 5) is 27.1. The molecule has 0 spiro atoms. The van der Waals surface area contributed by atoms with Crippen LogP contribution in [-0.4, -0.2) is 28.2 Å². The molecular formula is C17H16N2O2. The summed E-state index contributed by atoms with van der Waals surface area (Å²) in [6.07, 6.45) is 7.36. The molecule has 0 atom stereocenters. The van der Waals surface area contributed by atoms with Gasteiger partial charge in [-0.3, -0.25) is 14.5 Å². The van der Waals surface area contributed by atoms with Gasteiger partial charge in [0.1, 0.15) is 0 Å². The Kier molecular flexibility index (Phi) is 3.22. The first kappa shape index (κ1) is 13.4. The third-order valence-electron chi connectivity index (χ3n) is 3.68. The number of fused-ring (bicyclic) bond motifs is 3. The molecule has 0 fully saturated rings. The number of rotatable bonds is 2. The van der Waals surface area contributed by atoms with E-state index in [1.54, 1.807) is 22.9 Å². The van der Waals surface area contributed by atoms with Crippen LogP contribution in [0.2, 0.25) is 0 Å². The van der Waals surface area contributed by atoms with E-state index >= 15 is 0 Å². The molecule has 4 nitrogen and oxygen atoms in total. The van der Waals surface area contributed by atoms with E-state index in [0.717, 1.165) is 16.8 Å². The standard InChI is InChI=1S/C17H16N2O2/c1-3-18(12(2)20)11-13-8-9-19-16(10-13)14-6-4-5-7-15(14)17(19)21/h4-11H,3H2,1-2H3. The van der Waals surface area contributed by atoms with E-state index in [1.165, 1.54) is 0 Å².